The van der Waals surface area contributed by atoms with E-state index < -0.39 is 6.04 Å². The molecule has 2 amide bonds. The van der Waals surface area contributed by atoms with Crippen LogP contribution >= 0.6 is 35.0 Å². The van der Waals surface area contributed by atoms with E-state index in [2.05, 4.69) is 5.32 Å². The summed E-state index contributed by atoms with van der Waals surface area (Å²) in [5.74, 6) is 0.443. The molecule has 0 saturated carbocycles. The highest BCUT2D eigenvalue weighted by molar-refractivity contribution is 7.99. The summed E-state index contributed by atoms with van der Waals surface area (Å²) < 4.78 is 0. The SMILES string of the molecule is Cc1ccccc1CN(C(=O)CSCc1c(Cl)cccc1Cl)[C@@H](Cc1ccccc1)C(=O)NC(C)C. The first-order chi connectivity index (χ1) is 17.3. The molecule has 0 bridgehead atoms. The van der Waals surface area contributed by atoms with Crippen molar-refractivity contribution in [1.29, 1.82) is 0 Å². The van der Waals surface area contributed by atoms with Crippen LogP contribution in [-0.2, 0) is 28.3 Å². The van der Waals surface area contributed by atoms with E-state index in [-0.39, 0.29) is 23.6 Å². The number of halogens is 2. The van der Waals surface area contributed by atoms with E-state index in [9.17, 15) is 9.59 Å². The fourth-order valence-electron chi connectivity index (χ4n) is 3.90. The van der Waals surface area contributed by atoms with Gasteiger partial charge in [0.2, 0.25) is 11.8 Å². The maximum Gasteiger partial charge on any atom is 0.243 e. The second-order valence-electron chi connectivity index (χ2n) is 9.01. The van der Waals surface area contributed by atoms with Gasteiger partial charge in [-0.3, -0.25) is 9.59 Å². The predicted molar refractivity (Wildman–Crippen MR) is 152 cm³/mol. The zero-order valence-corrected chi connectivity index (χ0v) is 23.2. The molecule has 0 spiro atoms. The Hall–Kier alpha value is -2.47. The van der Waals surface area contributed by atoms with Crippen LogP contribution in [0, 0.1) is 6.92 Å². The quantitative estimate of drug-likeness (QED) is 0.293. The summed E-state index contributed by atoms with van der Waals surface area (Å²) in [6, 6.07) is 22.5. The van der Waals surface area contributed by atoms with E-state index >= 15 is 0 Å². The van der Waals surface area contributed by atoms with Gasteiger partial charge in [0, 0.05) is 34.8 Å². The fraction of sp³-hybridized carbons (Fsp3) is 0.310. The summed E-state index contributed by atoms with van der Waals surface area (Å²) in [6.07, 6.45) is 0.429. The molecule has 3 aromatic rings. The Kier molecular flexibility index (Phi) is 10.7. The summed E-state index contributed by atoms with van der Waals surface area (Å²) in [5.41, 5.74) is 3.90. The molecule has 0 aliphatic rings. The number of carbonyl (C=O) groups is 2. The van der Waals surface area contributed by atoms with Gasteiger partial charge in [0.15, 0.2) is 0 Å². The maximum atomic E-state index is 13.7. The third kappa shape index (κ3) is 8.02. The molecule has 4 nitrogen and oxygen atoms in total. The highest BCUT2D eigenvalue weighted by Gasteiger charge is 2.31. The number of carbonyl (C=O) groups excluding carboxylic acids is 2. The third-order valence-corrected chi connectivity index (χ3v) is 7.49. The maximum absolute atomic E-state index is 13.7. The number of rotatable bonds is 11. The van der Waals surface area contributed by atoms with Crippen molar-refractivity contribution in [3.05, 3.63) is 105 Å². The van der Waals surface area contributed by atoms with E-state index in [4.69, 9.17) is 23.2 Å². The van der Waals surface area contributed by atoms with Gasteiger partial charge in [0.25, 0.3) is 0 Å². The monoisotopic (exact) mass is 542 g/mol. The Balaban J connectivity index is 1.88. The lowest BCUT2D eigenvalue weighted by atomic mass is 10.0. The zero-order valence-electron chi connectivity index (χ0n) is 20.8. The van der Waals surface area contributed by atoms with Gasteiger partial charge in [0.1, 0.15) is 6.04 Å². The summed E-state index contributed by atoms with van der Waals surface area (Å²) in [4.78, 5) is 28.8. The van der Waals surface area contributed by atoms with E-state index in [1.165, 1.54) is 11.8 Å². The molecule has 0 radical (unpaired) electrons. The molecule has 36 heavy (non-hydrogen) atoms. The largest absolute Gasteiger partial charge is 0.352 e. The van der Waals surface area contributed by atoms with Crippen molar-refractivity contribution in [3.8, 4) is 0 Å². The topological polar surface area (TPSA) is 49.4 Å². The van der Waals surface area contributed by atoms with Crippen LogP contribution in [0.15, 0.2) is 72.8 Å². The molecular formula is C29H32Cl2N2O2S. The minimum Gasteiger partial charge on any atom is -0.352 e. The van der Waals surface area contributed by atoms with Gasteiger partial charge in [-0.05, 0) is 55.2 Å². The van der Waals surface area contributed by atoms with E-state index in [0.717, 1.165) is 22.3 Å². The predicted octanol–water partition coefficient (Wildman–Crippen LogP) is 6.70. The number of benzene rings is 3. The Morgan fingerprint density at radius 1 is 0.917 bits per heavy atom. The zero-order chi connectivity index (χ0) is 26.1. The first-order valence-corrected chi connectivity index (χ1v) is 13.9. The van der Waals surface area contributed by atoms with Gasteiger partial charge >= 0.3 is 0 Å². The lowest BCUT2D eigenvalue weighted by Crippen LogP contribution is -2.52. The van der Waals surface area contributed by atoms with Crippen LogP contribution in [0.3, 0.4) is 0 Å². The number of thioether (sulfide) groups is 1. The van der Waals surface area contributed by atoms with E-state index in [1.807, 2.05) is 75.4 Å². The van der Waals surface area contributed by atoms with Crippen molar-refractivity contribution in [1.82, 2.24) is 10.2 Å². The Bertz CT molecular complexity index is 1150. The lowest BCUT2D eigenvalue weighted by molar-refractivity contribution is -0.139. The van der Waals surface area contributed by atoms with E-state index in [0.29, 0.717) is 28.8 Å². The first kappa shape index (κ1) is 28.1. The second kappa shape index (κ2) is 13.7. The average molecular weight is 544 g/mol. The molecule has 0 saturated heterocycles. The summed E-state index contributed by atoms with van der Waals surface area (Å²) in [7, 11) is 0. The van der Waals surface area contributed by atoms with Crippen molar-refractivity contribution in [2.75, 3.05) is 5.75 Å². The first-order valence-electron chi connectivity index (χ1n) is 11.9. The van der Waals surface area contributed by atoms with Crippen LogP contribution < -0.4 is 5.32 Å². The molecule has 1 N–H and O–H groups in total. The van der Waals surface area contributed by atoms with Crippen molar-refractivity contribution >= 4 is 46.8 Å². The van der Waals surface area contributed by atoms with Gasteiger partial charge < -0.3 is 10.2 Å². The van der Waals surface area contributed by atoms with Gasteiger partial charge in [0.05, 0.1) is 5.75 Å². The van der Waals surface area contributed by atoms with Gasteiger partial charge in [-0.25, -0.2) is 0 Å². The number of nitrogens with one attached hydrogen (secondary N) is 1. The minimum absolute atomic E-state index is 0.0390. The smallest absolute Gasteiger partial charge is 0.243 e. The van der Waals surface area contributed by atoms with Crippen molar-refractivity contribution < 1.29 is 9.59 Å². The number of hydrogen-bond acceptors (Lipinski definition) is 3. The van der Waals surface area contributed by atoms with Crippen molar-refractivity contribution in [2.45, 2.75) is 51.6 Å². The Morgan fingerprint density at radius 3 is 2.19 bits per heavy atom. The highest BCUT2D eigenvalue weighted by atomic mass is 35.5. The Labute approximate surface area is 228 Å². The van der Waals surface area contributed by atoms with Crippen LogP contribution in [0.4, 0.5) is 0 Å². The number of aryl methyl sites for hydroxylation is 1. The molecule has 0 aliphatic heterocycles. The summed E-state index contributed by atoms with van der Waals surface area (Å²) >= 11 is 14.1. The molecule has 3 aromatic carbocycles. The number of hydrogen-bond donors (Lipinski definition) is 1. The summed E-state index contributed by atoms with van der Waals surface area (Å²) in [5, 5.41) is 4.18. The van der Waals surface area contributed by atoms with Crippen molar-refractivity contribution in [2.24, 2.45) is 0 Å². The molecule has 0 fully saturated rings. The summed E-state index contributed by atoms with van der Waals surface area (Å²) in [6.45, 7) is 6.22. The van der Waals surface area contributed by atoms with Crippen LogP contribution in [0.25, 0.3) is 0 Å². The molecule has 0 unspecified atom stereocenters. The van der Waals surface area contributed by atoms with Gasteiger partial charge in [-0.2, -0.15) is 0 Å². The van der Waals surface area contributed by atoms with Crippen LogP contribution in [0.5, 0.6) is 0 Å². The molecule has 1 atom stereocenters. The molecule has 0 aliphatic carbocycles. The molecule has 0 heterocycles. The minimum atomic E-state index is -0.647. The molecule has 0 aromatic heterocycles. The van der Waals surface area contributed by atoms with Crippen LogP contribution in [0.2, 0.25) is 10.0 Å². The normalized spacial score (nSPS) is 11.8. The fourth-order valence-corrected chi connectivity index (χ4v) is 5.55. The van der Waals surface area contributed by atoms with Crippen LogP contribution in [-0.4, -0.2) is 34.6 Å². The number of amides is 2. The van der Waals surface area contributed by atoms with Gasteiger partial charge in [-0.15, -0.1) is 11.8 Å². The van der Waals surface area contributed by atoms with Crippen molar-refractivity contribution in [3.63, 3.8) is 0 Å². The third-order valence-electron chi connectivity index (χ3n) is 5.84. The highest BCUT2D eigenvalue weighted by Crippen LogP contribution is 2.28. The van der Waals surface area contributed by atoms with Crippen LogP contribution in [0.1, 0.15) is 36.1 Å². The molecule has 7 heteroatoms. The molecule has 190 valence electrons. The number of nitrogens with zero attached hydrogens (tertiary/aromatic N) is 1. The molecule has 3 rings (SSSR count). The molecular weight excluding hydrogens is 511 g/mol. The average Bonchev–Trinajstić information content (AvgIpc) is 2.84. The van der Waals surface area contributed by atoms with Gasteiger partial charge in [-0.1, -0.05) is 83.9 Å². The second-order valence-corrected chi connectivity index (χ2v) is 10.8. The Morgan fingerprint density at radius 2 is 1.56 bits per heavy atom. The standard InChI is InChI=1S/C29H32Cl2N2O2S/c1-20(2)32-29(35)27(16-22-11-5-4-6-12-22)33(17-23-13-8-7-10-21(23)3)28(34)19-36-18-24-25(30)14-9-15-26(24)31/h4-15,20,27H,16-19H2,1-3H3,(H,32,35)/t27-/m0/s1. The lowest BCUT2D eigenvalue weighted by Gasteiger charge is -2.32. The van der Waals surface area contributed by atoms with E-state index in [1.54, 1.807) is 23.1 Å².